The van der Waals surface area contributed by atoms with Crippen molar-refractivity contribution in [1.82, 2.24) is 14.8 Å². The number of Topliss-reactive ketones (excluding diaryl/α,β-unsaturated/α-hetero) is 1. The average Bonchev–Trinajstić information content (AvgIpc) is 2.89. The van der Waals surface area contributed by atoms with E-state index in [1.807, 2.05) is 25.1 Å². The number of carbonyl (C=O) groups excluding carboxylic acids is 2. The van der Waals surface area contributed by atoms with E-state index in [0.29, 0.717) is 17.8 Å². The minimum atomic E-state index is -0.306. The summed E-state index contributed by atoms with van der Waals surface area (Å²) in [5, 5.41) is 2.86. The third-order valence-corrected chi connectivity index (χ3v) is 3.96. The highest BCUT2D eigenvalue weighted by Crippen LogP contribution is 2.18. The standard InChI is InChI=1S/C18H22FN3O2/c1-12(23)14-9-16(22(4)11-14)18(24)20-10-17(21(2)3)13-6-5-7-15(19)8-13/h5-9,11,17H,10H2,1-4H3,(H,20,24). The fraction of sp³-hybridized carbons (Fsp3) is 0.333. The Hall–Kier alpha value is -2.47. The van der Waals surface area contributed by atoms with Crippen LogP contribution in [0.2, 0.25) is 0 Å². The number of ketones is 1. The SMILES string of the molecule is CC(=O)c1cc(C(=O)NCC(c2cccc(F)c2)N(C)C)n(C)c1. The monoisotopic (exact) mass is 331 g/mol. The summed E-state index contributed by atoms with van der Waals surface area (Å²) in [6, 6.07) is 7.76. The summed E-state index contributed by atoms with van der Waals surface area (Å²) in [5.74, 6) is -0.664. The largest absolute Gasteiger partial charge is 0.349 e. The van der Waals surface area contributed by atoms with E-state index < -0.39 is 0 Å². The molecule has 2 aromatic rings. The first kappa shape index (κ1) is 17.9. The Bertz CT molecular complexity index is 752. The molecule has 0 fully saturated rings. The van der Waals surface area contributed by atoms with Gasteiger partial charge in [-0.2, -0.15) is 0 Å². The molecule has 0 bridgehead atoms. The Kier molecular flexibility index (Phi) is 5.51. The number of likely N-dealkylation sites (N-methyl/N-ethyl adjacent to an activating group) is 1. The molecule has 1 aromatic heterocycles. The van der Waals surface area contributed by atoms with Crippen LogP contribution in [0.1, 0.15) is 39.4 Å². The molecule has 0 radical (unpaired) electrons. The molecule has 5 nitrogen and oxygen atoms in total. The maximum absolute atomic E-state index is 13.4. The minimum Gasteiger partial charge on any atom is -0.349 e. The smallest absolute Gasteiger partial charge is 0.267 e. The van der Waals surface area contributed by atoms with Crippen molar-refractivity contribution in [3.8, 4) is 0 Å². The Morgan fingerprint density at radius 2 is 2.00 bits per heavy atom. The molecule has 6 heteroatoms. The summed E-state index contributed by atoms with van der Waals surface area (Å²) in [7, 11) is 5.47. The number of aryl methyl sites for hydroxylation is 1. The summed E-state index contributed by atoms with van der Waals surface area (Å²) in [4.78, 5) is 25.7. The van der Waals surface area contributed by atoms with Crippen molar-refractivity contribution in [2.45, 2.75) is 13.0 Å². The highest BCUT2D eigenvalue weighted by atomic mass is 19.1. The van der Waals surface area contributed by atoms with Gasteiger partial charge in [-0.15, -0.1) is 0 Å². The molecular weight excluding hydrogens is 309 g/mol. The molecule has 1 aromatic carbocycles. The lowest BCUT2D eigenvalue weighted by Crippen LogP contribution is -2.35. The number of aromatic nitrogens is 1. The van der Waals surface area contributed by atoms with E-state index in [0.717, 1.165) is 5.56 Å². The van der Waals surface area contributed by atoms with Gasteiger partial charge in [-0.25, -0.2) is 4.39 Å². The van der Waals surface area contributed by atoms with Crippen molar-refractivity contribution in [2.75, 3.05) is 20.6 Å². The maximum atomic E-state index is 13.4. The number of nitrogens with zero attached hydrogens (tertiary/aromatic N) is 2. The van der Waals surface area contributed by atoms with E-state index in [4.69, 9.17) is 0 Å². The van der Waals surface area contributed by atoms with Gasteiger partial charge in [0.1, 0.15) is 11.5 Å². The van der Waals surface area contributed by atoms with E-state index in [1.54, 1.807) is 29.9 Å². The van der Waals surface area contributed by atoms with Crippen LogP contribution >= 0.6 is 0 Å². The summed E-state index contributed by atoms with van der Waals surface area (Å²) < 4.78 is 15.1. The van der Waals surface area contributed by atoms with Crippen molar-refractivity contribution in [3.63, 3.8) is 0 Å². The third kappa shape index (κ3) is 4.08. The van der Waals surface area contributed by atoms with E-state index in [9.17, 15) is 14.0 Å². The highest BCUT2D eigenvalue weighted by molar-refractivity contribution is 5.99. The zero-order valence-electron chi connectivity index (χ0n) is 14.3. The van der Waals surface area contributed by atoms with Crippen LogP contribution in [0.5, 0.6) is 0 Å². The molecular formula is C18H22FN3O2. The van der Waals surface area contributed by atoms with Crippen LogP contribution in [0.3, 0.4) is 0 Å². The van der Waals surface area contributed by atoms with Gasteiger partial charge in [-0.3, -0.25) is 9.59 Å². The normalized spacial score (nSPS) is 12.2. The fourth-order valence-corrected chi connectivity index (χ4v) is 2.58. The van der Waals surface area contributed by atoms with Gasteiger partial charge in [0.2, 0.25) is 0 Å². The molecule has 1 atom stereocenters. The lowest BCUT2D eigenvalue weighted by atomic mass is 10.1. The molecule has 0 aliphatic rings. The Morgan fingerprint density at radius 3 is 2.54 bits per heavy atom. The average molecular weight is 331 g/mol. The highest BCUT2D eigenvalue weighted by Gasteiger charge is 2.18. The van der Waals surface area contributed by atoms with E-state index in [-0.39, 0.29) is 23.5 Å². The number of amides is 1. The maximum Gasteiger partial charge on any atom is 0.267 e. The van der Waals surface area contributed by atoms with Gasteiger partial charge < -0.3 is 14.8 Å². The molecule has 0 saturated carbocycles. The second-order valence-electron chi connectivity index (χ2n) is 6.03. The zero-order chi connectivity index (χ0) is 17.9. The summed E-state index contributed by atoms with van der Waals surface area (Å²) in [6.07, 6.45) is 1.63. The first-order valence-electron chi connectivity index (χ1n) is 7.67. The summed E-state index contributed by atoms with van der Waals surface area (Å²) >= 11 is 0. The van der Waals surface area contributed by atoms with E-state index in [2.05, 4.69) is 5.32 Å². The van der Waals surface area contributed by atoms with Crippen LogP contribution in [0.25, 0.3) is 0 Å². The van der Waals surface area contributed by atoms with Crippen LogP contribution in [-0.4, -0.2) is 41.8 Å². The quantitative estimate of drug-likeness (QED) is 0.827. The predicted octanol–water partition coefficient (Wildman–Crippen LogP) is 2.40. The van der Waals surface area contributed by atoms with Gasteiger partial charge in [-0.1, -0.05) is 12.1 Å². The number of hydrogen-bond acceptors (Lipinski definition) is 3. The lowest BCUT2D eigenvalue weighted by Gasteiger charge is -2.25. The molecule has 0 aliphatic carbocycles. The Balaban J connectivity index is 2.12. The molecule has 128 valence electrons. The number of carbonyl (C=O) groups is 2. The van der Waals surface area contributed by atoms with Gasteiger partial charge in [0, 0.05) is 25.4 Å². The molecule has 1 unspecified atom stereocenters. The van der Waals surface area contributed by atoms with Gasteiger partial charge in [-0.05, 0) is 44.8 Å². The molecule has 1 N–H and O–H groups in total. The minimum absolute atomic E-state index is 0.0874. The third-order valence-electron chi connectivity index (χ3n) is 3.96. The zero-order valence-corrected chi connectivity index (χ0v) is 14.3. The molecule has 1 heterocycles. The second-order valence-corrected chi connectivity index (χ2v) is 6.03. The fourth-order valence-electron chi connectivity index (χ4n) is 2.58. The second kappa shape index (κ2) is 7.40. The van der Waals surface area contributed by atoms with Crippen molar-refractivity contribution in [2.24, 2.45) is 7.05 Å². The van der Waals surface area contributed by atoms with Crippen molar-refractivity contribution in [3.05, 3.63) is 59.2 Å². The number of nitrogens with one attached hydrogen (secondary N) is 1. The predicted molar refractivity (Wildman–Crippen MR) is 90.6 cm³/mol. The first-order valence-corrected chi connectivity index (χ1v) is 7.67. The van der Waals surface area contributed by atoms with Gasteiger partial charge >= 0.3 is 0 Å². The van der Waals surface area contributed by atoms with Gasteiger partial charge in [0.15, 0.2) is 5.78 Å². The molecule has 0 aliphatic heterocycles. The number of halogens is 1. The van der Waals surface area contributed by atoms with E-state index >= 15 is 0 Å². The summed E-state index contributed by atoms with van der Waals surface area (Å²) in [6.45, 7) is 1.79. The molecule has 2 rings (SSSR count). The van der Waals surface area contributed by atoms with Crippen LogP contribution < -0.4 is 5.32 Å². The van der Waals surface area contributed by atoms with Crippen LogP contribution in [0.15, 0.2) is 36.5 Å². The van der Waals surface area contributed by atoms with Gasteiger partial charge in [0.05, 0.1) is 6.04 Å². The Labute approximate surface area is 141 Å². The van der Waals surface area contributed by atoms with Crippen molar-refractivity contribution in [1.29, 1.82) is 0 Å². The topological polar surface area (TPSA) is 54.3 Å². The van der Waals surface area contributed by atoms with Crippen molar-refractivity contribution >= 4 is 11.7 Å². The van der Waals surface area contributed by atoms with E-state index in [1.165, 1.54) is 19.1 Å². The Morgan fingerprint density at radius 1 is 1.29 bits per heavy atom. The molecule has 24 heavy (non-hydrogen) atoms. The number of rotatable bonds is 6. The van der Waals surface area contributed by atoms with Crippen LogP contribution in [-0.2, 0) is 7.05 Å². The van der Waals surface area contributed by atoms with Crippen LogP contribution in [0, 0.1) is 5.82 Å². The number of benzene rings is 1. The first-order chi connectivity index (χ1) is 11.3. The van der Waals surface area contributed by atoms with Gasteiger partial charge in [0.25, 0.3) is 5.91 Å². The summed E-state index contributed by atoms with van der Waals surface area (Å²) in [5.41, 5.74) is 1.70. The van der Waals surface area contributed by atoms with Crippen LogP contribution in [0.4, 0.5) is 4.39 Å². The van der Waals surface area contributed by atoms with Crippen molar-refractivity contribution < 1.29 is 14.0 Å². The molecule has 1 amide bonds. The molecule has 0 spiro atoms. The lowest BCUT2D eigenvalue weighted by molar-refractivity contribution is 0.0933. The molecule has 0 saturated heterocycles. The number of hydrogen-bond donors (Lipinski definition) is 1.